The summed E-state index contributed by atoms with van der Waals surface area (Å²) in [7, 11) is 0.994. The topological polar surface area (TPSA) is 90.5 Å². The van der Waals surface area contributed by atoms with Gasteiger partial charge in [0.2, 0.25) is 11.7 Å². The van der Waals surface area contributed by atoms with Crippen LogP contribution < -0.4 is 5.73 Å². The number of aromatic nitrogens is 2. The zero-order valence-electron chi connectivity index (χ0n) is 18.0. The number of ether oxygens (including phenoxy) is 1. The molecule has 2 atom stereocenters. The molecule has 2 N–H and O–H groups in total. The Morgan fingerprint density at radius 3 is 2.38 bits per heavy atom. The first-order valence-corrected chi connectivity index (χ1v) is 9.79. The number of imidazole rings is 1. The summed E-state index contributed by atoms with van der Waals surface area (Å²) in [5, 5.41) is 0. The van der Waals surface area contributed by atoms with Gasteiger partial charge < -0.3 is 19.9 Å². The number of hydrogen-bond donors (Lipinski definition) is 1. The molecule has 14 heteroatoms. The van der Waals surface area contributed by atoms with E-state index >= 15 is 0 Å². The summed E-state index contributed by atoms with van der Waals surface area (Å²) in [6.07, 6.45) is -5.46. The minimum atomic E-state index is -4.83. The number of nitrogens with two attached hydrogens (primary N) is 1. The average Bonchev–Trinajstić information content (AvgIpc) is 3.12. The van der Waals surface area contributed by atoms with Gasteiger partial charge in [-0.05, 0) is 25.0 Å². The smallest absolute Gasteiger partial charge is 0.449 e. The van der Waals surface area contributed by atoms with Crippen LogP contribution in [0.15, 0.2) is 12.1 Å². The molecule has 0 aliphatic carbocycles. The Labute approximate surface area is 196 Å². The van der Waals surface area contributed by atoms with Crippen molar-refractivity contribution in [2.45, 2.75) is 44.6 Å². The number of amides is 1. The maximum Gasteiger partial charge on any atom is 0.449 e. The van der Waals surface area contributed by atoms with Crippen LogP contribution in [0.25, 0.3) is 0 Å². The second-order valence-corrected chi connectivity index (χ2v) is 7.60. The zero-order valence-corrected chi connectivity index (χ0v) is 18.8. The number of fused-ring (bicyclic) bond motifs is 1. The van der Waals surface area contributed by atoms with E-state index in [2.05, 4.69) is 9.72 Å². The first kappa shape index (κ1) is 27.4. The van der Waals surface area contributed by atoms with Crippen LogP contribution in [0.3, 0.4) is 0 Å². The molecule has 1 aliphatic rings. The highest BCUT2D eigenvalue weighted by atomic mass is 35.5. The number of hydrogen-bond acceptors (Lipinski definition) is 5. The third kappa shape index (κ3) is 5.30. The Kier molecular flexibility index (Phi) is 8.25. The van der Waals surface area contributed by atoms with Crippen molar-refractivity contribution >= 4 is 24.3 Å². The van der Waals surface area contributed by atoms with E-state index in [1.54, 1.807) is 0 Å². The fraction of sp³-hybridized carbons (Fsp3) is 0.450. The molecule has 0 bridgehead atoms. The standard InChI is InChI=1S/C20H20F6N4O3.ClH/c1-9-17-16(18(32)33-2)28-19(20(24,25)26)30(17)4-3-29(9)15(31)7-11(27)5-10-6-13(22)14(23)8-12(10)21;/h6,8-9,11H,3-5,7,27H2,1-2H3;1H. The molecule has 2 aromatic rings. The third-order valence-electron chi connectivity index (χ3n) is 5.40. The van der Waals surface area contributed by atoms with Crippen LogP contribution in [-0.4, -0.2) is 46.0 Å². The van der Waals surface area contributed by atoms with Crippen molar-refractivity contribution in [3.05, 3.63) is 52.4 Å². The number of alkyl halides is 3. The van der Waals surface area contributed by atoms with Gasteiger partial charge in [0.1, 0.15) is 5.82 Å². The maximum atomic E-state index is 13.9. The van der Waals surface area contributed by atoms with Gasteiger partial charge in [0, 0.05) is 31.6 Å². The van der Waals surface area contributed by atoms with Gasteiger partial charge in [-0.2, -0.15) is 13.2 Å². The molecule has 0 radical (unpaired) electrons. The summed E-state index contributed by atoms with van der Waals surface area (Å²) < 4.78 is 85.9. The number of carbonyl (C=O) groups excluding carboxylic acids is 2. The van der Waals surface area contributed by atoms with Crippen molar-refractivity contribution in [2.75, 3.05) is 13.7 Å². The van der Waals surface area contributed by atoms with Gasteiger partial charge in [0.05, 0.1) is 18.8 Å². The lowest BCUT2D eigenvalue weighted by Crippen LogP contribution is -2.44. The summed E-state index contributed by atoms with van der Waals surface area (Å²) in [5.74, 6) is -6.58. The minimum absolute atomic E-state index is 0. The molecule has 34 heavy (non-hydrogen) atoms. The van der Waals surface area contributed by atoms with Crippen molar-refractivity contribution in [1.29, 1.82) is 0 Å². The van der Waals surface area contributed by atoms with E-state index in [4.69, 9.17) is 5.73 Å². The third-order valence-corrected chi connectivity index (χ3v) is 5.40. The lowest BCUT2D eigenvalue weighted by molar-refractivity contribution is -0.148. The molecule has 2 heterocycles. The van der Waals surface area contributed by atoms with E-state index in [1.807, 2.05) is 0 Å². The zero-order chi connectivity index (χ0) is 24.7. The Bertz CT molecular complexity index is 1090. The number of carbonyl (C=O) groups is 2. The van der Waals surface area contributed by atoms with Crippen molar-refractivity contribution in [1.82, 2.24) is 14.5 Å². The number of nitrogens with zero attached hydrogens (tertiary/aromatic N) is 3. The van der Waals surface area contributed by atoms with Crippen molar-refractivity contribution in [2.24, 2.45) is 5.73 Å². The highest BCUT2D eigenvalue weighted by Crippen LogP contribution is 2.36. The van der Waals surface area contributed by atoms with Crippen LogP contribution in [0.2, 0.25) is 0 Å². The Morgan fingerprint density at radius 1 is 1.18 bits per heavy atom. The SMILES string of the molecule is COC(=O)c1nc(C(F)(F)F)n2c1C(C)N(C(=O)CC(N)Cc1cc(F)c(F)cc1F)CC2.Cl. The summed E-state index contributed by atoms with van der Waals surface area (Å²) >= 11 is 0. The number of rotatable bonds is 5. The van der Waals surface area contributed by atoms with Crippen LogP contribution in [-0.2, 0) is 28.7 Å². The Hall–Kier alpha value is -2.80. The predicted molar refractivity (Wildman–Crippen MR) is 109 cm³/mol. The molecular weight excluding hydrogens is 494 g/mol. The van der Waals surface area contributed by atoms with Gasteiger partial charge in [-0.15, -0.1) is 12.4 Å². The lowest BCUT2D eigenvalue weighted by atomic mass is 10.0. The van der Waals surface area contributed by atoms with Crippen molar-refractivity contribution < 1.29 is 40.7 Å². The summed E-state index contributed by atoms with van der Waals surface area (Å²) in [6, 6.07) is -0.934. The van der Waals surface area contributed by atoms with E-state index in [-0.39, 0.29) is 49.6 Å². The molecular formula is C20H21ClF6N4O3. The highest BCUT2D eigenvalue weighted by molar-refractivity contribution is 5.89. The first-order valence-electron chi connectivity index (χ1n) is 9.79. The summed E-state index contributed by atoms with van der Waals surface area (Å²) in [5.41, 5.74) is 5.00. The highest BCUT2D eigenvalue weighted by Gasteiger charge is 2.44. The maximum absolute atomic E-state index is 13.9. The molecule has 7 nitrogen and oxygen atoms in total. The molecule has 0 saturated heterocycles. The molecule has 1 aromatic heterocycles. The first-order chi connectivity index (χ1) is 15.3. The van der Waals surface area contributed by atoms with Crippen LogP contribution in [0.4, 0.5) is 26.3 Å². The van der Waals surface area contributed by atoms with Gasteiger partial charge in [0.15, 0.2) is 17.3 Å². The fourth-order valence-electron chi connectivity index (χ4n) is 3.88. The van der Waals surface area contributed by atoms with Gasteiger partial charge in [-0.1, -0.05) is 0 Å². The minimum Gasteiger partial charge on any atom is -0.464 e. The Morgan fingerprint density at radius 2 is 1.79 bits per heavy atom. The number of halogens is 7. The van der Waals surface area contributed by atoms with Gasteiger partial charge in [-0.3, -0.25) is 4.79 Å². The summed E-state index contributed by atoms with van der Waals surface area (Å²) in [4.78, 5) is 29.5. The molecule has 1 amide bonds. The fourth-order valence-corrected chi connectivity index (χ4v) is 3.88. The number of benzene rings is 1. The van der Waals surface area contributed by atoms with E-state index < -0.39 is 59.1 Å². The van der Waals surface area contributed by atoms with Gasteiger partial charge in [0.25, 0.3) is 0 Å². The number of esters is 1. The molecule has 1 aromatic carbocycles. The van der Waals surface area contributed by atoms with E-state index in [9.17, 15) is 35.9 Å². The van der Waals surface area contributed by atoms with E-state index in [1.165, 1.54) is 11.8 Å². The predicted octanol–water partition coefficient (Wildman–Crippen LogP) is 3.39. The quantitative estimate of drug-likeness (QED) is 0.375. The second-order valence-electron chi connectivity index (χ2n) is 7.60. The van der Waals surface area contributed by atoms with Crippen molar-refractivity contribution in [3.8, 4) is 0 Å². The lowest BCUT2D eigenvalue weighted by Gasteiger charge is -2.36. The summed E-state index contributed by atoms with van der Waals surface area (Å²) in [6.45, 7) is 1.02. The van der Waals surface area contributed by atoms with Crippen LogP contribution >= 0.6 is 12.4 Å². The normalized spacial score (nSPS) is 16.5. The van der Waals surface area contributed by atoms with Crippen LogP contribution in [0.5, 0.6) is 0 Å². The van der Waals surface area contributed by atoms with E-state index in [0.29, 0.717) is 12.1 Å². The Balaban J connectivity index is 0.00000408. The van der Waals surface area contributed by atoms with Gasteiger partial charge >= 0.3 is 12.1 Å². The van der Waals surface area contributed by atoms with Crippen LogP contribution in [0.1, 0.15) is 47.0 Å². The monoisotopic (exact) mass is 514 g/mol. The molecule has 188 valence electrons. The van der Waals surface area contributed by atoms with Crippen molar-refractivity contribution in [3.63, 3.8) is 0 Å². The molecule has 0 saturated carbocycles. The molecule has 2 unspecified atom stereocenters. The molecule has 0 fully saturated rings. The second kappa shape index (κ2) is 10.2. The average molecular weight is 515 g/mol. The van der Waals surface area contributed by atoms with E-state index in [0.717, 1.165) is 11.7 Å². The van der Waals surface area contributed by atoms with Crippen LogP contribution in [0, 0.1) is 17.5 Å². The number of methoxy groups -OCH3 is 1. The molecule has 3 rings (SSSR count). The molecule has 1 aliphatic heterocycles. The molecule has 0 spiro atoms. The largest absolute Gasteiger partial charge is 0.464 e. The van der Waals surface area contributed by atoms with Gasteiger partial charge in [-0.25, -0.2) is 22.9 Å².